The standard InChI is InChI=1S/C17H21BrO/c1-12(2)4-9-17(18)15-6-5-14-11-16(19-3)8-7-13(14)10-15/h5-8,10-12,17H,4,9H2,1-3H3. The number of halogens is 1. The van der Waals surface area contributed by atoms with Crippen LogP contribution in [0.1, 0.15) is 37.1 Å². The van der Waals surface area contributed by atoms with Crippen molar-refractivity contribution in [1.29, 1.82) is 0 Å². The predicted molar refractivity (Wildman–Crippen MR) is 86.2 cm³/mol. The number of rotatable bonds is 5. The average Bonchev–Trinajstić information content (AvgIpc) is 2.43. The third kappa shape index (κ3) is 3.73. The van der Waals surface area contributed by atoms with Crippen LogP contribution in [0.4, 0.5) is 0 Å². The van der Waals surface area contributed by atoms with Crippen LogP contribution in [0.25, 0.3) is 10.8 Å². The van der Waals surface area contributed by atoms with Gasteiger partial charge in [0.25, 0.3) is 0 Å². The summed E-state index contributed by atoms with van der Waals surface area (Å²) >= 11 is 3.80. The molecular weight excluding hydrogens is 300 g/mol. The van der Waals surface area contributed by atoms with Crippen LogP contribution in [-0.4, -0.2) is 7.11 Å². The van der Waals surface area contributed by atoms with Gasteiger partial charge in [-0.15, -0.1) is 0 Å². The smallest absolute Gasteiger partial charge is 0.119 e. The van der Waals surface area contributed by atoms with Crippen molar-refractivity contribution < 1.29 is 4.74 Å². The molecule has 0 spiro atoms. The number of fused-ring (bicyclic) bond motifs is 1. The molecule has 0 aromatic heterocycles. The van der Waals surface area contributed by atoms with Gasteiger partial charge in [0.1, 0.15) is 5.75 Å². The van der Waals surface area contributed by atoms with E-state index in [0.29, 0.717) is 4.83 Å². The van der Waals surface area contributed by atoms with E-state index in [1.165, 1.54) is 29.2 Å². The quantitative estimate of drug-likeness (QED) is 0.640. The third-order valence-electron chi connectivity index (χ3n) is 3.43. The lowest BCUT2D eigenvalue weighted by Gasteiger charge is -2.13. The van der Waals surface area contributed by atoms with Gasteiger partial charge in [-0.05, 0) is 47.2 Å². The molecule has 2 aromatic carbocycles. The van der Waals surface area contributed by atoms with Gasteiger partial charge < -0.3 is 4.74 Å². The number of alkyl halides is 1. The van der Waals surface area contributed by atoms with E-state index >= 15 is 0 Å². The van der Waals surface area contributed by atoms with Crippen LogP contribution in [-0.2, 0) is 0 Å². The summed E-state index contributed by atoms with van der Waals surface area (Å²) in [4.78, 5) is 0.446. The minimum Gasteiger partial charge on any atom is -0.497 e. The van der Waals surface area contributed by atoms with Crippen molar-refractivity contribution in [3.63, 3.8) is 0 Å². The Hall–Kier alpha value is -1.02. The van der Waals surface area contributed by atoms with Gasteiger partial charge in [0.15, 0.2) is 0 Å². The Balaban J connectivity index is 2.21. The lowest BCUT2D eigenvalue weighted by atomic mass is 10.00. The molecule has 0 bridgehead atoms. The van der Waals surface area contributed by atoms with Crippen molar-refractivity contribution in [2.45, 2.75) is 31.5 Å². The lowest BCUT2D eigenvalue weighted by Crippen LogP contribution is -1.94. The van der Waals surface area contributed by atoms with Gasteiger partial charge in [-0.25, -0.2) is 0 Å². The van der Waals surface area contributed by atoms with Crippen molar-refractivity contribution in [3.8, 4) is 5.75 Å². The Morgan fingerprint density at radius 3 is 2.37 bits per heavy atom. The zero-order valence-electron chi connectivity index (χ0n) is 11.8. The molecule has 1 unspecified atom stereocenters. The van der Waals surface area contributed by atoms with Gasteiger partial charge in [-0.2, -0.15) is 0 Å². The summed E-state index contributed by atoms with van der Waals surface area (Å²) in [5, 5.41) is 2.50. The SMILES string of the molecule is COc1ccc2cc(C(Br)CCC(C)C)ccc2c1. The van der Waals surface area contributed by atoms with E-state index in [9.17, 15) is 0 Å². The lowest BCUT2D eigenvalue weighted by molar-refractivity contribution is 0.415. The van der Waals surface area contributed by atoms with Gasteiger partial charge in [-0.1, -0.05) is 54.0 Å². The molecule has 2 rings (SSSR count). The van der Waals surface area contributed by atoms with Crippen LogP contribution in [0, 0.1) is 5.92 Å². The molecule has 102 valence electrons. The van der Waals surface area contributed by atoms with Gasteiger partial charge in [0.2, 0.25) is 0 Å². The molecule has 0 aliphatic heterocycles. The maximum atomic E-state index is 5.26. The first-order chi connectivity index (χ1) is 9.10. The van der Waals surface area contributed by atoms with Gasteiger partial charge in [-0.3, -0.25) is 0 Å². The first-order valence-electron chi connectivity index (χ1n) is 6.82. The molecule has 0 amide bonds. The van der Waals surface area contributed by atoms with Crippen LogP contribution in [0.5, 0.6) is 5.75 Å². The number of methoxy groups -OCH3 is 1. The highest BCUT2D eigenvalue weighted by molar-refractivity contribution is 9.09. The maximum Gasteiger partial charge on any atom is 0.119 e. The molecule has 0 fully saturated rings. The molecule has 2 heteroatoms. The van der Waals surface area contributed by atoms with E-state index in [1.54, 1.807) is 7.11 Å². The van der Waals surface area contributed by atoms with Crippen LogP contribution in [0.15, 0.2) is 36.4 Å². The normalized spacial score (nSPS) is 12.9. The summed E-state index contributed by atoms with van der Waals surface area (Å²) in [6, 6.07) is 12.9. The Labute approximate surface area is 124 Å². The van der Waals surface area contributed by atoms with Crippen molar-refractivity contribution >= 4 is 26.7 Å². The van der Waals surface area contributed by atoms with Gasteiger partial charge >= 0.3 is 0 Å². The maximum absolute atomic E-state index is 5.26. The number of hydrogen-bond acceptors (Lipinski definition) is 1. The second-order valence-electron chi connectivity index (χ2n) is 5.41. The zero-order chi connectivity index (χ0) is 13.8. The van der Waals surface area contributed by atoms with Gasteiger partial charge in [0.05, 0.1) is 7.11 Å². The number of benzene rings is 2. The van der Waals surface area contributed by atoms with Crippen LogP contribution < -0.4 is 4.74 Å². The minimum atomic E-state index is 0.446. The molecule has 0 saturated heterocycles. The van der Waals surface area contributed by atoms with E-state index in [1.807, 2.05) is 6.07 Å². The van der Waals surface area contributed by atoms with Crippen molar-refractivity contribution in [2.75, 3.05) is 7.11 Å². The van der Waals surface area contributed by atoms with Crippen LogP contribution in [0.3, 0.4) is 0 Å². The Morgan fingerprint density at radius 2 is 1.68 bits per heavy atom. The Bertz CT molecular complexity index is 548. The van der Waals surface area contributed by atoms with Crippen molar-refractivity contribution in [1.82, 2.24) is 0 Å². The molecule has 0 radical (unpaired) electrons. The zero-order valence-corrected chi connectivity index (χ0v) is 13.4. The molecule has 1 atom stereocenters. The highest BCUT2D eigenvalue weighted by Gasteiger charge is 2.09. The van der Waals surface area contributed by atoms with E-state index in [0.717, 1.165) is 11.7 Å². The second kappa shape index (κ2) is 6.42. The van der Waals surface area contributed by atoms with E-state index in [-0.39, 0.29) is 0 Å². The fourth-order valence-corrected chi connectivity index (χ4v) is 2.76. The molecule has 1 nitrogen and oxygen atoms in total. The average molecular weight is 321 g/mol. The van der Waals surface area contributed by atoms with E-state index in [2.05, 4.69) is 60.1 Å². The fraction of sp³-hybridized carbons (Fsp3) is 0.412. The topological polar surface area (TPSA) is 9.23 Å². The summed E-state index contributed by atoms with van der Waals surface area (Å²) in [5.74, 6) is 1.67. The number of hydrogen-bond donors (Lipinski definition) is 0. The summed E-state index contributed by atoms with van der Waals surface area (Å²) in [7, 11) is 1.70. The molecule has 19 heavy (non-hydrogen) atoms. The fourth-order valence-electron chi connectivity index (χ4n) is 2.21. The van der Waals surface area contributed by atoms with Crippen LogP contribution >= 0.6 is 15.9 Å². The third-order valence-corrected chi connectivity index (χ3v) is 4.42. The molecule has 0 aliphatic carbocycles. The highest BCUT2D eigenvalue weighted by atomic mass is 79.9. The Morgan fingerprint density at radius 1 is 1.00 bits per heavy atom. The summed E-state index contributed by atoms with van der Waals surface area (Å²) < 4.78 is 5.26. The summed E-state index contributed by atoms with van der Waals surface area (Å²) in [5.41, 5.74) is 1.36. The largest absolute Gasteiger partial charge is 0.497 e. The highest BCUT2D eigenvalue weighted by Crippen LogP contribution is 2.32. The van der Waals surface area contributed by atoms with Crippen molar-refractivity contribution in [3.05, 3.63) is 42.0 Å². The molecule has 0 heterocycles. The molecule has 2 aromatic rings. The Kier molecular flexibility index (Phi) is 4.87. The first kappa shape index (κ1) is 14.4. The molecule has 0 N–H and O–H groups in total. The second-order valence-corrected chi connectivity index (χ2v) is 6.52. The monoisotopic (exact) mass is 320 g/mol. The van der Waals surface area contributed by atoms with Crippen molar-refractivity contribution in [2.24, 2.45) is 5.92 Å². The molecule has 0 saturated carbocycles. The van der Waals surface area contributed by atoms with E-state index < -0.39 is 0 Å². The predicted octanol–water partition coefficient (Wildman–Crippen LogP) is 5.72. The summed E-state index contributed by atoms with van der Waals surface area (Å²) in [6.45, 7) is 4.54. The van der Waals surface area contributed by atoms with E-state index in [4.69, 9.17) is 4.74 Å². The molecular formula is C17H21BrO. The van der Waals surface area contributed by atoms with Crippen LogP contribution in [0.2, 0.25) is 0 Å². The minimum absolute atomic E-state index is 0.446. The van der Waals surface area contributed by atoms with Gasteiger partial charge in [0, 0.05) is 4.83 Å². The first-order valence-corrected chi connectivity index (χ1v) is 7.73. The summed E-state index contributed by atoms with van der Waals surface area (Å²) in [6.07, 6.45) is 2.43. The number of ether oxygens (including phenoxy) is 1. The molecule has 0 aliphatic rings.